The molecular formula is C28H24BrClN2O3. The molecular weight excluding hydrogens is 528 g/mol. The van der Waals surface area contributed by atoms with E-state index >= 15 is 0 Å². The summed E-state index contributed by atoms with van der Waals surface area (Å²) in [6, 6.07) is 20.4. The molecule has 0 atom stereocenters. The first-order valence-corrected chi connectivity index (χ1v) is 12.5. The van der Waals surface area contributed by atoms with Crippen LogP contribution in [0.2, 0.25) is 5.02 Å². The highest BCUT2D eigenvalue weighted by Gasteiger charge is 2.22. The zero-order valence-corrected chi connectivity index (χ0v) is 21.7. The SMILES string of the molecule is CCCCC(=O)Oc1c(Cl)cccc1NC(=O)c1c(C)c(-c2ccccc2)nc2ccc(Br)cc12. The number of aromatic nitrogens is 1. The molecule has 4 aromatic rings. The number of hydrogen-bond donors (Lipinski definition) is 1. The minimum Gasteiger partial charge on any atom is -0.423 e. The summed E-state index contributed by atoms with van der Waals surface area (Å²) in [6.45, 7) is 3.88. The molecule has 1 aromatic heterocycles. The number of nitrogens with one attached hydrogen (secondary N) is 1. The smallest absolute Gasteiger partial charge is 0.311 e. The standard InChI is InChI=1S/C28H24BrClN2O3/c1-3-4-13-24(33)35-27-21(30)11-8-12-23(27)32-28(34)25-17(2)26(18-9-6-5-7-10-18)31-22-15-14-19(29)16-20(22)25/h5-12,14-16H,3-4,13H2,1-2H3,(H,32,34). The third-order valence-electron chi connectivity index (χ3n) is 5.63. The lowest BCUT2D eigenvalue weighted by Crippen LogP contribution is -2.17. The number of carbonyl (C=O) groups excluding carboxylic acids is 2. The molecule has 0 bridgehead atoms. The quantitative estimate of drug-likeness (QED) is 0.187. The molecule has 0 radical (unpaired) electrons. The van der Waals surface area contributed by atoms with Crippen molar-refractivity contribution in [3.05, 3.63) is 87.4 Å². The van der Waals surface area contributed by atoms with Crippen molar-refractivity contribution in [1.82, 2.24) is 4.98 Å². The molecule has 0 spiro atoms. The molecule has 1 N–H and O–H groups in total. The van der Waals surface area contributed by atoms with Gasteiger partial charge in [0.05, 0.1) is 27.5 Å². The number of halogens is 2. The Bertz CT molecular complexity index is 1410. The van der Waals surface area contributed by atoms with Crippen LogP contribution in [0.25, 0.3) is 22.2 Å². The van der Waals surface area contributed by atoms with E-state index in [-0.39, 0.29) is 23.1 Å². The van der Waals surface area contributed by atoms with E-state index in [2.05, 4.69) is 21.2 Å². The van der Waals surface area contributed by atoms with E-state index in [1.54, 1.807) is 18.2 Å². The van der Waals surface area contributed by atoms with Gasteiger partial charge in [0.1, 0.15) is 0 Å². The minimum absolute atomic E-state index is 0.143. The Balaban J connectivity index is 1.79. The number of pyridine rings is 1. The normalized spacial score (nSPS) is 10.9. The van der Waals surface area contributed by atoms with Crippen LogP contribution in [-0.2, 0) is 4.79 Å². The molecule has 3 aromatic carbocycles. The highest BCUT2D eigenvalue weighted by molar-refractivity contribution is 9.10. The van der Waals surface area contributed by atoms with Crippen LogP contribution in [0.3, 0.4) is 0 Å². The summed E-state index contributed by atoms with van der Waals surface area (Å²) < 4.78 is 6.37. The Morgan fingerprint density at radius 2 is 1.83 bits per heavy atom. The summed E-state index contributed by atoms with van der Waals surface area (Å²) in [5.41, 5.74) is 3.88. The van der Waals surface area contributed by atoms with Gasteiger partial charge in [-0.3, -0.25) is 9.59 Å². The summed E-state index contributed by atoms with van der Waals surface area (Å²) >= 11 is 9.85. The number of amides is 1. The molecule has 0 aliphatic heterocycles. The second-order valence-electron chi connectivity index (χ2n) is 8.14. The maximum absolute atomic E-state index is 13.7. The molecule has 4 rings (SSSR count). The fourth-order valence-electron chi connectivity index (χ4n) is 3.88. The van der Waals surface area contributed by atoms with Gasteiger partial charge < -0.3 is 10.1 Å². The number of benzene rings is 3. The fraction of sp³-hybridized carbons (Fsp3) is 0.179. The van der Waals surface area contributed by atoms with Crippen LogP contribution in [0.4, 0.5) is 5.69 Å². The number of anilines is 1. The van der Waals surface area contributed by atoms with Crippen LogP contribution in [0.1, 0.15) is 42.1 Å². The van der Waals surface area contributed by atoms with Gasteiger partial charge in [0.2, 0.25) is 0 Å². The Kier molecular flexibility index (Phi) is 7.83. The molecule has 0 aliphatic carbocycles. The number of unbranched alkanes of at least 4 members (excludes halogenated alkanes) is 1. The molecule has 5 nitrogen and oxygen atoms in total. The zero-order chi connectivity index (χ0) is 24.9. The Morgan fingerprint density at radius 3 is 2.57 bits per heavy atom. The second kappa shape index (κ2) is 11.0. The van der Waals surface area contributed by atoms with Crippen LogP contribution in [0, 0.1) is 6.92 Å². The van der Waals surface area contributed by atoms with Crippen molar-refractivity contribution in [1.29, 1.82) is 0 Å². The van der Waals surface area contributed by atoms with Crippen LogP contribution in [0.15, 0.2) is 71.2 Å². The van der Waals surface area contributed by atoms with Crippen molar-refractivity contribution in [2.75, 3.05) is 5.32 Å². The summed E-state index contributed by atoms with van der Waals surface area (Å²) in [6.07, 6.45) is 1.86. The number of para-hydroxylation sites is 1. The van der Waals surface area contributed by atoms with Gasteiger partial charge in [-0.2, -0.15) is 0 Å². The van der Waals surface area contributed by atoms with Gasteiger partial charge in [-0.15, -0.1) is 0 Å². The molecule has 178 valence electrons. The van der Waals surface area contributed by atoms with E-state index in [4.69, 9.17) is 21.3 Å². The lowest BCUT2D eigenvalue weighted by molar-refractivity contribution is -0.134. The van der Waals surface area contributed by atoms with Crippen molar-refractivity contribution in [2.24, 2.45) is 0 Å². The molecule has 0 fully saturated rings. The molecule has 7 heteroatoms. The third-order valence-corrected chi connectivity index (χ3v) is 6.42. The number of hydrogen-bond acceptors (Lipinski definition) is 4. The van der Waals surface area contributed by atoms with E-state index in [1.165, 1.54) is 0 Å². The number of esters is 1. The van der Waals surface area contributed by atoms with E-state index in [1.807, 2.05) is 62.4 Å². The number of rotatable bonds is 7. The van der Waals surface area contributed by atoms with Crippen molar-refractivity contribution < 1.29 is 14.3 Å². The average Bonchev–Trinajstić information content (AvgIpc) is 2.85. The highest BCUT2D eigenvalue weighted by Crippen LogP contribution is 2.36. The van der Waals surface area contributed by atoms with Gasteiger partial charge in [-0.05, 0) is 49.2 Å². The fourth-order valence-corrected chi connectivity index (χ4v) is 4.46. The lowest BCUT2D eigenvalue weighted by atomic mass is 9.97. The van der Waals surface area contributed by atoms with Crippen molar-refractivity contribution in [3.8, 4) is 17.0 Å². The van der Waals surface area contributed by atoms with E-state index in [0.717, 1.165) is 27.7 Å². The molecule has 0 aliphatic rings. The monoisotopic (exact) mass is 550 g/mol. The number of ether oxygens (including phenoxy) is 1. The summed E-state index contributed by atoms with van der Waals surface area (Å²) in [4.78, 5) is 30.9. The van der Waals surface area contributed by atoms with Gasteiger partial charge in [-0.1, -0.05) is 77.3 Å². The number of fused-ring (bicyclic) bond motifs is 1. The van der Waals surface area contributed by atoms with E-state index < -0.39 is 5.97 Å². The van der Waals surface area contributed by atoms with Gasteiger partial charge in [-0.25, -0.2) is 4.98 Å². The van der Waals surface area contributed by atoms with Crippen molar-refractivity contribution >= 4 is 56.0 Å². The Labute approximate surface area is 217 Å². The number of nitrogens with zero attached hydrogens (tertiary/aromatic N) is 1. The first-order valence-electron chi connectivity index (χ1n) is 11.3. The van der Waals surface area contributed by atoms with Crippen molar-refractivity contribution in [3.63, 3.8) is 0 Å². The largest absolute Gasteiger partial charge is 0.423 e. The Hall–Kier alpha value is -3.22. The van der Waals surface area contributed by atoms with Gasteiger partial charge >= 0.3 is 5.97 Å². The molecule has 35 heavy (non-hydrogen) atoms. The second-order valence-corrected chi connectivity index (χ2v) is 9.46. The first-order chi connectivity index (χ1) is 16.9. The molecule has 0 saturated heterocycles. The summed E-state index contributed by atoms with van der Waals surface area (Å²) in [5, 5.41) is 3.87. The van der Waals surface area contributed by atoms with E-state index in [0.29, 0.717) is 28.6 Å². The third kappa shape index (κ3) is 5.55. The van der Waals surface area contributed by atoms with Crippen LogP contribution < -0.4 is 10.1 Å². The van der Waals surface area contributed by atoms with Crippen molar-refractivity contribution in [2.45, 2.75) is 33.1 Å². The lowest BCUT2D eigenvalue weighted by Gasteiger charge is -2.17. The van der Waals surface area contributed by atoms with Crippen LogP contribution in [-0.4, -0.2) is 16.9 Å². The molecule has 1 amide bonds. The zero-order valence-electron chi connectivity index (χ0n) is 19.4. The van der Waals surface area contributed by atoms with E-state index in [9.17, 15) is 9.59 Å². The van der Waals surface area contributed by atoms with Gasteiger partial charge in [0.15, 0.2) is 5.75 Å². The molecule has 1 heterocycles. The maximum atomic E-state index is 13.7. The predicted molar refractivity (Wildman–Crippen MR) is 144 cm³/mol. The minimum atomic E-state index is -0.392. The predicted octanol–water partition coefficient (Wildman–Crippen LogP) is 7.97. The van der Waals surface area contributed by atoms with Gasteiger partial charge in [0, 0.05) is 21.8 Å². The Morgan fingerprint density at radius 1 is 1.06 bits per heavy atom. The summed E-state index contributed by atoms with van der Waals surface area (Å²) in [5.74, 6) is -0.598. The van der Waals surface area contributed by atoms with Gasteiger partial charge in [0.25, 0.3) is 5.91 Å². The molecule has 0 unspecified atom stereocenters. The average molecular weight is 552 g/mol. The maximum Gasteiger partial charge on any atom is 0.311 e. The topological polar surface area (TPSA) is 68.3 Å². The van der Waals surface area contributed by atoms with Crippen LogP contribution in [0.5, 0.6) is 5.75 Å². The summed E-state index contributed by atoms with van der Waals surface area (Å²) in [7, 11) is 0. The number of carbonyl (C=O) groups is 2. The molecule has 0 saturated carbocycles. The highest BCUT2D eigenvalue weighted by atomic mass is 79.9. The van der Waals surface area contributed by atoms with Crippen LogP contribution >= 0.6 is 27.5 Å². The first kappa shape index (κ1) is 24.9.